The Balaban J connectivity index is 1.47. The zero-order chi connectivity index (χ0) is 23.2. The lowest BCUT2D eigenvalue weighted by atomic mass is 10.0. The van der Waals surface area contributed by atoms with E-state index in [1.54, 1.807) is 23.3 Å². The van der Waals surface area contributed by atoms with Crippen LogP contribution < -0.4 is 5.32 Å². The molecule has 7 heteroatoms. The second kappa shape index (κ2) is 10.4. The van der Waals surface area contributed by atoms with Gasteiger partial charge in [-0.05, 0) is 29.8 Å². The fraction of sp³-hybridized carbons (Fsp3) is 0.222. The molecule has 0 radical (unpaired) electrons. The lowest BCUT2D eigenvalue weighted by Gasteiger charge is -2.31. The van der Waals surface area contributed by atoms with Crippen LogP contribution in [0.15, 0.2) is 91.4 Å². The van der Waals surface area contributed by atoms with Gasteiger partial charge in [0.2, 0.25) is 0 Å². The predicted molar refractivity (Wildman–Crippen MR) is 131 cm³/mol. The number of pyridine rings is 1. The fourth-order valence-corrected chi connectivity index (χ4v) is 4.17. The zero-order valence-electron chi connectivity index (χ0n) is 18.9. The third kappa shape index (κ3) is 5.06. The molecule has 34 heavy (non-hydrogen) atoms. The highest BCUT2D eigenvalue weighted by molar-refractivity contribution is 6.00. The smallest absolute Gasteiger partial charge is 0.255 e. The summed E-state index contributed by atoms with van der Waals surface area (Å²) in [5.41, 5.74) is 3.87. The van der Waals surface area contributed by atoms with Crippen LogP contribution >= 0.6 is 0 Å². The van der Waals surface area contributed by atoms with Crippen molar-refractivity contribution < 1.29 is 9.53 Å². The first kappa shape index (κ1) is 22.0. The maximum absolute atomic E-state index is 13.7. The van der Waals surface area contributed by atoms with Gasteiger partial charge in [-0.25, -0.2) is 4.68 Å². The third-order valence-electron chi connectivity index (χ3n) is 5.97. The number of hydrogen-bond donors (Lipinski definition) is 1. The normalized spacial score (nSPS) is 15.1. The molecule has 172 valence electrons. The molecule has 5 rings (SSSR count). The number of aromatic nitrogens is 3. The van der Waals surface area contributed by atoms with Crippen molar-refractivity contribution in [3.8, 4) is 16.9 Å². The van der Waals surface area contributed by atoms with E-state index in [9.17, 15) is 4.79 Å². The van der Waals surface area contributed by atoms with Gasteiger partial charge in [-0.15, -0.1) is 0 Å². The summed E-state index contributed by atoms with van der Waals surface area (Å²) in [7, 11) is 0. The number of carbonyl (C=O) groups excluding carboxylic acids is 1. The largest absolute Gasteiger partial charge is 0.379 e. The van der Waals surface area contributed by atoms with E-state index in [0.29, 0.717) is 31.0 Å². The molecule has 1 aliphatic rings. The highest BCUT2D eigenvalue weighted by Crippen LogP contribution is 2.24. The van der Waals surface area contributed by atoms with Crippen LogP contribution in [-0.2, 0) is 4.74 Å². The fourth-order valence-electron chi connectivity index (χ4n) is 4.17. The molecule has 2 aromatic heterocycles. The second-order valence-corrected chi connectivity index (χ2v) is 8.26. The quantitative estimate of drug-likeness (QED) is 0.462. The highest BCUT2D eigenvalue weighted by atomic mass is 16.5. The third-order valence-corrected chi connectivity index (χ3v) is 5.97. The Hall–Kier alpha value is -3.81. The number of ether oxygens (including phenoxy) is 1. The summed E-state index contributed by atoms with van der Waals surface area (Å²) in [4.78, 5) is 20.2. The standard InChI is InChI=1S/C27H27N5O2/c33-27(29-25(21-8-3-1-4-9-21)20-31-14-16-34-17-15-31)24-19-32(23-11-5-2-6-12-23)30-26(24)22-10-7-13-28-18-22/h1-13,18-19,25H,14-17,20H2,(H,29,33). The first-order valence-electron chi connectivity index (χ1n) is 11.5. The van der Waals surface area contributed by atoms with Crippen molar-refractivity contribution in [3.63, 3.8) is 0 Å². The summed E-state index contributed by atoms with van der Waals surface area (Å²) in [6.07, 6.45) is 5.24. The molecule has 2 aromatic carbocycles. The highest BCUT2D eigenvalue weighted by Gasteiger charge is 2.24. The monoisotopic (exact) mass is 453 g/mol. The van der Waals surface area contributed by atoms with E-state index in [-0.39, 0.29) is 11.9 Å². The molecule has 0 saturated carbocycles. The van der Waals surface area contributed by atoms with Gasteiger partial charge in [0.15, 0.2) is 0 Å². The SMILES string of the molecule is O=C(NC(CN1CCOCC1)c1ccccc1)c1cn(-c2ccccc2)nc1-c1cccnc1. The van der Waals surface area contributed by atoms with Crippen LogP contribution in [0.2, 0.25) is 0 Å². The lowest BCUT2D eigenvalue weighted by Crippen LogP contribution is -2.43. The molecule has 0 aliphatic carbocycles. The number of carbonyl (C=O) groups is 1. The van der Waals surface area contributed by atoms with E-state index in [0.717, 1.165) is 29.9 Å². The number of benzene rings is 2. The van der Waals surface area contributed by atoms with Gasteiger partial charge >= 0.3 is 0 Å². The van der Waals surface area contributed by atoms with Crippen LogP contribution in [0.3, 0.4) is 0 Å². The van der Waals surface area contributed by atoms with Crippen LogP contribution in [-0.4, -0.2) is 58.4 Å². The molecular formula is C27H27N5O2. The van der Waals surface area contributed by atoms with Gasteiger partial charge in [0.05, 0.1) is 30.5 Å². The number of para-hydroxylation sites is 1. The number of nitrogens with zero attached hydrogens (tertiary/aromatic N) is 4. The first-order chi connectivity index (χ1) is 16.8. The van der Waals surface area contributed by atoms with Crippen molar-refractivity contribution >= 4 is 5.91 Å². The van der Waals surface area contributed by atoms with Crippen molar-refractivity contribution in [1.82, 2.24) is 25.0 Å². The molecule has 0 bridgehead atoms. The van der Waals surface area contributed by atoms with Crippen molar-refractivity contribution in [2.45, 2.75) is 6.04 Å². The minimum atomic E-state index is -0.164. The number of hydrogen-bond acceptors (Lipinski definition) is 5. The second-order valence-electron chi connectivity index (χ2n) is 8.26. The van der Waals surface area contributed by atoms with E-state index in [1.165, 1.54) is 0 Å². The van der Waals surface area contributed by atoms with E-state index < -0.39 is 0 Å². The van der Waals surface area contributed by atoms with Crippen LogP contribution in [0.4, 0.5) is 0 Å². The van der Waals surface area contributed by atoms with Gasteiger partial charge in [0.25, 0.3) is 5.91 Å². The van der Waals surface area contributed by atoms with Crippen molar-refractivity contribution in [2.24, 2.45) is 0 Å². The molecule has 4 aromatic rings. The summed E-state index contributed by atoms with van der Waals surface area (Å²) in [6.45, 7) is 3.85. The number of amides is 1. The molecule has 7 nitrogen and oxygen atoms in total. The first-order valence-corrected chi connectivity index (χ1v) is 11.5. The molecule has 1 aliphatic heterocycles. The Morgan fingerprint density at radius 1 is 0.971 bits per heavy atom. The molecule has 1 N–H and O–H groups in total. The number of rotatable bonds is 7. The van der Waals surface area contributed by atoms with Crippen molar-refractivity contribution in [1.29, 1.82) is 0 Å². The Kier molecular flexibility index (Phi) is 6.74. The lowest BCUT2D eigenvalue weighted by molar-refractivity contribution is 0.0332. The summed E-state index contributed by atoms with van der Waals surface area (Å²) in [5, 5.41) is 8.03. The Morgan fingerprint density at radius 3 is 2.41 bits per heavy atom. The predicted octanol–water partition coefficient (Wildman–Crippen LogP) is 3.74. The van der Waals surface area contributed by atoms with E-state index >= 15 is 0 Å². The molecule has 0 spiro atoms. The minimum absolute atomic E-state index is 0.159. The van der Waals surface area contributed by atoms with Gasteiger partial charge < -0.3 is 10.1 Å². The molecule has 1 fully saturated rings. The van der Waals surface area contributed by atoms with Crippen LogP contribution in [0, 0.1) is 0 Å². The average molecular weight is 454 g/mol. The van der Waals surface area contributed by atoms with Crippen LogP contribution in [0.25, 0.3) is 16.9 Å². The number of morpholine rings is 1. The van der Waals surface area contributed by atoms with Crippen molar-refractivity contribution in [2.75, 3.05) is 32.8 Å². The minimum Gasteiger partial charge on any atom is -0.379 e. The Labute approximate surface area is 199 Å². The summed E-state index contributed by atoms with van der Waals surface area (Å²) < 4.78 is 7.25. The molecule has 1 saturated heterocycles. The van der Waals surface area contributed by atoms with Gasteiger partial charge in [0, 0.05) is 43.8 Å². The molecule has 1 amide bonds. The van der Waals surface area contributed by atoms with Gasteiger partial charge in [-0.3, -0.25) is 14.7 Å². The zero-order valence-corrected chi connectivity index (χ0v) is 18.9. The van der Waals surface area contributed by atoms with E-state index in [1.807, 2.05) is 60.7 Å². The average Bonchev–Trinajstić information content (AvgIpc) is 3.36. The Bertz CT molecular complexity index is 1210. The summed E-state index contributed by atoms with van der Waals surface area (Å²) >= 11 is 0. The molecule has 1 unspecified atom stereocenters. The van der Waals surface area contributed by atoms with E-state index in [2.05, 4.69) is 27.3 Å². The molecule has 3 heterocycles. The molecular weight excluding hydrogens is 426 g/mol. The van der Waals surface area contributed by atoms with Crippen LogP contribution in [0.5, 0.6) is 0 Å². The maximum atomic E-state index is 13.7. The van der Waals surface area contributed by atoms with Crippen LogP contribution in [0.1, 0.15) is 22.0 Å². The number of nitrogens with one attached hydrogen (secondary N) is 1. The maximum Gasteiger partial charge on any atom is 0.255 e. The van der Waals surface area contributed by atoms with E-state index in [4.69, 9.17) is 9.84 Å². The van der Waals surface area contributed by atoms with Gasteiger partial charge in [-0.1, -0.05) is 48.5 Å². The molecule has 1 atom stereocenters. The van der Waals surface area contributed by atoms with Gasteiger partial charge in [-0.2, -0.15) is 5.10 Å². The topological polar surface area (TPSA) is 72.3 Å². The summed E-state index contributed by atoms with van der Waals surface area (Å²) in [5.74, 6) is -0.164. The summed E-state index contributed by atoms with van der Waals surface area (Å²) in [6, 6.07) is 23.5. The van der Waals surface area contributed by atoms with Gasteiger partial charge in [0.1, 0.15) is 5.69 Å². The Morgan fingerprint density at radius 2 is 1.71 bits per heavy atom. The van der Waals surface area contributed by atoms with Crippen molar-refractivity contribution in [3.05, 3.63) is 103 Å².